The highest BCUT2D eigenvalue weighted by Crippen LogP contribution is 2.05. The second-order valence-corrected chi connectivity index (χ2v) is 2.62. The van der Waals surface area contributed by atoms with Crippen molar-refractivity contribution in [1.82, 2.24) is 0 Å². The molecule has 0 saturated heterocycles. The molecule has 0 aliphatic carbocycles. The van der Waals surface area contributed by atoms with Gasteiger partial charge in [-0.05, 0) is 17.7 Å². The molecular weight excluding hydrogens is 164 g/mol. The number of ether oxygens (including phenoxy) is 1. The summed E-state index contributed by atoms with van der Waals surface area (Å²) < 4.78 is 4.82. The summed E-state index contributed by atoms with van der Waals surface area (Å²) in [5.41, 5.74) is 1.70. The molecule has 0 N–H and O–H groups in total. The number of benzene rings is 1. The molecule has 0 aliphatic rings. The highest BCUT2D eigenvalue weighted by atomic mass is 16.5. The maximum atomic E-state index is 10.5. The molecule has 0 amide bonds. The quantitative estimate of drug-likeness (QED) is 0.504. The van der Waals surface area contributed by atoms with Gasteiger partial charge in [0.25, 0.3) is 0 Å². The summed E-state index contributed by atoms with van der Waals surface area (Å²) in [6, 6.07) is 7.36. The Morgan fingerprint density at radius 1 is 1.62 bits per heavy atom. The van der Waals surface area contributed by atoms with Gasteiger partial charge in [0.05, 0.1) is 0 Å². The van der Waals surface area contributed by atoms with E-state index in [1.54, 1.807) is 0 Å². The number of rotatable bonds is 2. The monoisotopic (exact) mass is 174 g/mol. The summed E-state index contributed by atoms with van der Waals surface area (Å²) in [7, 11) is 0. The van der Waals surface area contributed by atoms with Gasteiger partial charge in [-0.1, -0.05) is 18.1 Å². The summed E-state index contributed by atoms with van der Waals surface area (Å²) in [4.78, 5) is 10.5. The van der Waals surface area contributed by atoms with Gasteiger partial charge in [0.15, 0.2) is 0 Å². The van der Waals surface area contributed by atoms with Crippen LogP contribution >= 0.6 is 0 Å². The first-order chi connectivity index (χ1) is 6.22. The van der Waals surface area contributed by atoms with E-state index in [0.717, 1.165) is 11.1 Å². The molecule has 0 spiro atoms. The van der Waals surface area contributed by atoms with Crippen LogP contribution in [0.4, 0.5) is 0 Å². The van der Waals surface area contributed by atoms with Crippen molar-refractivity contribution in [3.05, 3.63) is 35.4 Å². The third-order valence-electron chi connectivity index (χ3n) is 1.54. The summed E-state index contributed by atoms with van der Waals surface area (Å²) in [5, 5.41) is 0. The van der Waals surface area contributed by atoms with Gasteiger partial charge in [0.2, 0.25) is 0 Å². The standard InChI is InChI=1S/C11H10O2/c1-3-10-5-4-6-11(7-10)8-13-9(2)12/h1,4-7H,8H2,2H3. The van der Waals surface area contributed by atoms with Crippen molar-refractivity contribution in [1.29, 1.82) is 0 Å². The maximum Gasteiger partial charge on any atom is 0.302 e. The van der Waals surface area contributed by atoms with Gasteiger partial charge in [0, 0.05) is 12.5 Å². The molecular formula is C11H10O2. The van der Waals surface area contributed by atoms with Crippen LogP contribution in [0.15, 0.2) is 24.3 Å². The molecule has 13 heavy (non-hydrogen) atoms. The molecule has 2 nitrogen and oxygen atoms in total. The van der Waals surface area contributed by atoms with Gasteiger partial charge < -0.3 is 4.74 Å². The zero-order valence-electron chi connectivity index (χ0n) is 7.41. The van der Waals surface area contributed by atoms with Gasteiger partial charge in [-0.15, -0.1) is 6.42 Å². The molecule has 1 aromatic carbocycles. The summed E-state index contributed by atoms with van der Waals surface area (Å²) in [6.07, 6.45) is 5.22. The van der Waals surface area contributed by atoms with Crippen molar-refractivity contribution in [2.75, 3.05) is 0 Å². The van der Waals surface area contributed by atoms with Crippen molar-refractivity contribution >= 4 is 5.97 Å². The average molecular weight is 174 g/mol. The van der Waals surface area contributed by atoms with Crippen LogP contribution in [0, 0.1) is 12.3 Å². The van der Waals surface area contributed by atoms with Crippen LogP contribution < -0.4 is 0 Å². The maximum absolute atomic E-state index is 10.5. The summed E-state index contributed by atoms with van der Waals surface area (Å²) in [6.45, 7) is 1.66. The van der Waals surface area contributed by atoms with E-state index in [1.807, 2.05) is 24.3 Å². The molecule has 1 aromatic rings. The number of esters is 1. The minimum absolute atomic E-state index is 0.283. The van der Waals surface area contributed by atoms with Crippen LogP contribution in [-0.2, 0) is 16.1 Å². The first kappa shape index (κ1) is 9.34. The predicted octanol–water partition coefficient (Wildman–Crippen LogP) is 1.73. The fraction of sp³-hybridized carbons (Fsp3) is 0.182. The Bertz CT molecular complexity index is 347. The van der Waals surface area contributed by atoms with E-state index in [-0.39, 0.29) is 12.6 Å². The number of hydrogen-bond acceptors (Lipinski definition) is 2. The minimum atomic E-state index is -0.286. The van der Waals surface area contributed by atoms with Gasteiger partial charge in [-0.25, -0.2) is 0 Å². The summed E-state index contributed by atoms with van der Waals surface area (Å²) >= 11 is 0. The third-order valence-corrected chi connectivity index (χ3v) is 1.54. The van der Waals surface area contributed by atoms with Gasteiger partial charge >= 0.3 is 5.97 Å². The van der Waals surface area contributed by atoms with Crippen molar-refractivity contribution in [3.63, 3.8) is 0 Å². The van der Waals surface area contributed by atoms with Crippen LogP contribution in [0.1, 0.15) is 18.1 Å². The Labute approximate surface area is 77.5 Å². The van der Waals surface area contributed by atoms with Gasteiger partial charge in [-0.2, -0.15) is 0 Å². The molecule has 0 bridgehead atoms. The lowest BCUT2D eigenvalue weighted by molar-refractivity contribution is -0.142. The Morgan fingerprint density at radius 2 is 2.38 bits per heavy atom. The predicted molar refractivity (Wildman–Crippen MR) is 49.8 cm³/mol. The van der Waals surface area contributed by atoms with Crippen LogP contribution in [0.5, 0.6) is 0 Å². The molecule has 0 saturated carbocycles. The van der Waals surface area contributed by atoms with E-state index in [2.05, 4.69) is 5.92 Å². The molecule has 66 valence electrons. The van der Waals surface area contributed by atoms with Crippen molar-refractivity contribution in [3.8, 4) is 12.3 Å². The second kappa shape index (κ2) is 4.32. The zero-order chi connectivity index (χ0) is 9.68. The lowest BCUT2D eigenvalue weighted by atomic mass is 10.1. The zero-order valence-corrected chi connectivity index (χ0v) is 7.41. The molecule has 0 fully saturated rings. The van der Waals surface area contributed by atoms with Gasteiger partial charge in [-0.3, -0.25) is 4.79 Å². The first-order valence-electron chi connectivity index (χ1n) is 3.91. The Morgan fingerprint density at radius 3 is 3.00 bits per heavy atom. The van der Waals surface area contributed by atoms with Crippen molar-refractivity contribution in [2.45, 2.75) is 13.5 Å². The lowest BCUT2D eigenvalue weighted by Gasteiger charge is -2.01. The fourth-order valence-corrected chi connectivity index (χ4v) is 0.936. The van der Waals surface area contributed by atoms with Crippen LogP contribution in [0.2, 0.25) is 0 Å². The first-order valence-corrected chi connectivity index (χ1v) is 3.91. The largest absolute Gasteiger partial charge is 0.461 e. The van der Waals surface area contributed by atoms with E-state index in [1.165, 1.54) is 6.92 Å². The number of hydrogen-bond donors (Lipinski definition) is 0. The van der Waals surface area contributed by atoms with E-state index >= 15 is 0 Å². The number of carbonyl (C=O) groups is 1. The number of terminal acetylenes is 1. The van der Waals surface area contributed by atoms with E-state index in [4.69, 9.17) is 11.2 Å². The molecule has 0 atom stereocenters. The highest BCUT2D eigenvalue weighted by molar-refractivity contribution is 5.65. The van der Waals surface area contributed by atoms with Crippen molar-refractivity contribution in [2.24, 2.45) is 0 Å². The third kappa shape index (κ3) is 3.00. The summed E-state index contributed by atoms with van der Waals surface area (Å²) in [5.74, 6) is 2.23. The van der Waals surface area contributed by atoms with Crippen molar-refractivity contribution < 1.29 is 9.53 Å². The van der Waals surface area contributed by atoms with E-state index in [9.17, 15) is 4.79 Å². The smallest absolute Gasteiger partial charge is 0.302 e. The Balaban J connectivity index is 2.68. The van der Waals surface area contributed by atoms with Crippen LogP contribution in [0.3, 0.4) is 0 Å². The minimum Gasteiger partial charge on any atom is -0.461 e. The molecule has 1 rings (SSSR count). The fourth-order valence-electron chi connectivity index (χ4n) is 0.936. The molecule has 0 radical (unpaired) electrons. The molecule has 0 aromatic heterocycles. The highest BCUT2D eigenvalue weighted by Gasteiger charge is 1.96. The molecule has 0 unspecified atom stereocenters. The Hall–Kier alpha value is -1.75. The average Bonchev–Trinajstić information content (AvgIpc) is 2.15. The van der Waals surface area contributed by atoms with E-state index < -0.39 is 0 Å². The lowest BCUT2D eigenvalue weighted by Crippen LogP contribution is -1.98. The molecule has 2 heteroatoms. The number of carbonyl (C=O) groups excluding carboxylic acids is 1. The molecule has 0 aliphatic heterocycles. The topological polar surface area (TPSA) is 26.3 Å². The SMILES string of the molecule is C#Cc1cccc(COC(C)=O)c1. The molecule has 0 heterocycles. The van der Waals surface area contributed by atoms with Crippen LogP contribution in [0.25, 0.3) is 0 Å². The normalized spacial score (nSPS) is 8.92. The second-order valence-electron chi connectivity index (χ2n) is 2.62. The van der Waals surface area contributed by atoms with E-state index in [0.29, 0.717) is 0 Å². The van der Waals surface area contributed by atoms with Gasteiger partial charge in [0.1, 0.15) is 6.61 Å². The van der Waals surface area contributed by atoms with Crippen LogP contribution in [-0.4, -0.2) is 5.97 Å². The Kier molecular flexibility index (Phi) is 3.10.